The molecule has 43 heavy (non-hydrogen) atoms. The molecule has 11 atom stereocenters. The van der Waals surface area contributed by atoms with E-state index in [-0.39, 0.29) is 35.0 Å². The number of carbonyl (C=O) groups excluding carboxylic acids is 1. The maximum absolute atomic E-state index is 13.0. The lowest BCUT2D eigenvalue weighted by atomic mass is 9.95. The number of phenols is 2. The zero-order valence-electron chi connectivity index (χ0n) is 23.1. The molecule has 15 heteroatoms. The minimum Gasteiger partial charge on any atom is -0.507 e. The van der Waals surface area contributed by atoms with Crippen LogP contribution in [0.3, 0.4) is 0 Å². The Morgan fingerprint density at radius 3 is 2.33 bits per heavy atom. The molecular weight excluding hydrogens is 576 g/mol. The van der Waals surface area contributed by atoms with Gasteiger partial charge in [-0.15, -0.1) is 0 Å². The quantitative estimate of drug-likeness (QED) is 0.185. The van der Waals surface area contributed by atoms with Gasteiger partial charge in [-0.05, 0) is 24.6 Å². The largest absolute Gasteiger partial charge is 0.507 e. The number of aliphatic hydroxyl groups excluding tert-OH is 6. The van der Waals surface area contributed by atoms with E-state index < -0.39 is 85.7 Å². The lowest BCUT2D eigenvalue weighted by Gasteiger charge is -2.45. The minimum absolute atomic E-state index is 0.0483. The number of phenolic OH excluding ortho intramolecular Hbond substituents is 2. The third-order valence-corrected chi connectivity index (χ3v) is 7.73. The van der Waals surface area contributed by atoms with Gasteiger partial charge >= 0.3 is 0 Å². The van der Waals surface area contributed by atoms with E-state index in [1.807, 2.05) is 0 Å². The highest BCUT2D eigenvalue weighted by Crippen LogP contribution is 2.43. The van der Waals surface area contributed by atoms with Gasteiger partial charge in [0.1, 0.15) is 65.5 Å². The van der Waals surface area contributed by atoms with Gasteiger partial charge < -0.3 is 69.3 Å². The Bertz CT molecular complexity index is 1320. The first kappa shape index (κ1) is 31.2. The standard InChI is InChI=1S/C28H34O15/c1-10-21(33)23(35)25(37)27(39-10)43-26-24(36)22(34)19(9-29)42-28(26)40-12-6-14(31)20-15(32)8-16(41-18(20)7-12)11-3-4-13(30)17(5-11)38-2/h3-7,10,16,19,21-31,33-37H,8-9H2,1-2H3/t10-,16-,19-,21+,22-,23-,24+,25-,26+,27+,28-/m1/s1. The van der Waals surface area contributed by atoms with Gasteiger partial charge in [-0.3, -0.25) is 4.79 Å². The van der Waals surface area contributed by atoms with Gasteiger partial charge in [0.15, 0.2) is 29.7 Å². The zero-order chi connectivity index (χ0) is 31.2. The molecule has 3 aliphatic rings. The molecule has 2 aromatic carbocycles. The predicted octanol–water partition coefficient (Wildman–Crippen LogP) is -1.16. The van der Waals surface area contributed by atoms with E-state index in [1.54, 1.807) is 6.07 Å². The fourth-order valence-electron chi connectivity index (χ4n) is 5.27. The van der Waals surface area contributed by atoms with E-state index in [1.165, 1.54) is 32.2 Å². The van der Waals surface area contributed by atoms with Crippen LogP contribution in [0.2, 0.25) is 0 Å². The highest BCUT2D eigenvalue weighted by molar-refractivity contribution is 6.02. The molecule has 2 aromatic rings. The van der Waals surface area contributed by atoms with E-state index in [9.17, 15) is 45.6 Å². The van der Waals surface area contributed by atoms with Crippen LogP contribution in [-0.4, -0.2) is 122 Å². The molecule has 0 radical (unpaired) electrons. The summed E-state index contributed by atoms with van der Waals surface area (Å²) in [7, 11) is 1.37. The van der Waals surface area contributed by atoms with E-state index in [0.717, 1.165) is 6.07 Å². The van der Waals surface area contributed by atoms with Crippen molar-refractivity contribution in [3.63, 3.8) is 0 Å². The number of rotatable bonds is 7. The molecule has 0 unspecified atom stereocenters. The topological polar surface area (TPSA) is 234 Å². The average Bonchev–Trinajstić information content (AvgIpc) is 2.97. The Hall–Kier alpha value is -3.25. The summed E-state index contributed by atoms with van der Waals surface area (Å²) < 4.78 is 33.8. The Labute approximate surface area is 245 Å². The summed E-state index contributed by atoms with van der Waals surface area (Å²) in [6, 6.07) is 6.84. The molecule has 8 N–H and O–H groups in total. The maximum Gasteiger partial charge on any atom is 0.229 e. The number of aromatic hydroxyl groups is 2. The SMILES string of the molecule is COc1cc([C@H]2CC(=O)c3c(O)cc(O[C@@H]4O[C@H](CO)[C@@H](O)[C@H](O)[C@@H]4O[C@@H]4O[C@H](C)[C@H](O)[C@@H](O)[C@H]4O)cc3O2)ccc1O. The van der Waals surface area contributed by atoms with Crippen molar-refractivity contribution in [2.45, 2.75) is 80.9 Å². The maximum atomic E-state index is 13.0. The van der Waals surface area contributed by atoms with Gasteiger partial charge in [0.25, 0.3) is 0 Å². The van der Waals surface area contributed by atoms with Gasteiger partial charge in [0.2, 0.25) is 6.29 Å². The molecule has 236 valence electrons. The summed E-state index contributed by atoms with van der Waals surface area (Å²) in [6.45, 7) is 0.702. The summed E-state index contributed by atoms with van der Waals surface area (Å²) in [5.74, 6) is -1.03. The van der Waals surface area contributed by atoms with Crippen LogP contribution < -0.4 is 14.2 Å². The number of Topliss-reactive ketones (excluding diaryl/α,β-unsaturated/α-hetero) is 1. The summed E-state index contributed by atoms with van der Waals surface area (Å²) in [5, 5.41) is 82.2. The fraction of sp³-hybridized carbons (Fsp3) is 0.536. The van der Waals surface area contributed by atoms with E-state index in [4.69, 9.17) is 28.4 Å². The van der Waals surface area contributed by atoms with Crippen LogP contribution in [0.4, 0.5) is 0 Å². The number of benzene rings is 2. The molecule has 0 aliphatic carbocycles. The van der Waals surface area contributed by atoms with Crippen molar-refractivity contribution in [2.75, 3.05) is 13.7 Å². The van der Waals surface area contributed by atoms with Crippen LogP contribution in [0, 0.1) is 0 Å². The second-order valence-corrected chi connectivity index (χ2v) is 10.6. The van der Waals surface area contributed by atoms with Crippen molar-refractivity contribution in [2.24, 2.45) is 0 Å². The van der Waals surface area contributed by atoms with Gasteiger partial charge in [-0.25, -0.2) is 0 Å². The summed E-state index contributed by atoms with van der Waals surface area (Å²) in [4.78, 5) is 13.0. The molecule has 0 saturated carbocycles. The number of aliphatic hydroxyl groups is 6. The molecule has 2 fully saturated rings. The smallest absolute Gasteiger partial charge is 0.229 e. The monoisotopic (exact) mass is 610 g/mol. The molecule has 0 bridgehead atoms. The summed E-state index contributed by atoms with van der Waals surface area (Å²) in [6.07, 6.45) is -16.3. The first-order chi connectivity index (χ1) is 20.4. The molecule has 5 rings (SSSR count). The average molecular weight is 611 g/mol. The first-order valence-corrected chi connectivity index (χ1v) is 13.5. The number of ether oxygens (including phenoxy) is 6. The predicted molar refractivity (Wildman–Crippen MR) is 141 cm³/mol. The number of fused-ring (bicyclic) bond motifs is 1. The summed E-state index contributed by atoms with van der Waals surface area (Å²) in [5.41, 5.74) is 0.412. The van der Waals surface area contributed by atoms with Crippen LogP contribution in [0.5, 0.6) is 28.7 Å². The molecule has 0 spiro atoms. The number of methoxy groups -OCH3 is 1. The zero-order valence-corrected chi connectivity index (χ0v) is 23.1. The third-order valence-electron chi connectivity index (χ3n) is 7.73. The number of hydrogen-bond donors (Lipinski definition) is 8. The van der Waals surface area contributed by atoms with Crippen LogP contribution in [0.1, 0.15) is 35.4 Å². The fourth-order valence-corrected chi connectivity index (χ4v) is 5.27. The lowest BCUT2D eigenvalue weighted by molar-refractivity contribution is -0.354. The van der Waals surface area contributed by atoms with Crippen molar-refractivity contribution in [3.05, 3.63) is 41.5 Å². The number of carbonyl (C=O) groups is 1. The Morgan fingerprint density at radius 2 is 1.63 bits per heavy atom. The molecule has 0 amide bonds. The van der Waals surface area contributed by atoms with Crippen molar-refractivity contribution in [1.29, 1.82) is 0 Å². The minimum atomic E-state index is -1.76. The molecule has 0 aromatic heterocycles. The number of hydrogen-bond acceptors (Lipinski definition) is 15. The third kappa shape index (κ3) is 5.95. The van der Waals surface area contributed by atoms with Gasteiger partial charge in [0.05, 0.1) is 26.2 Å². The van der Waals surface area contributed by atoms with Gasteiger partial charge in [0, 0.05) is 12.1 Å². The van der Waals surface area contributed by atoms with Crippen LogP contribution in [0.25, 0.3) is 0 Å². The second-order valence-electron chi connectivity index (χ2n) is 10.6. The molecule has 15 nitrogen and oxygen atoms in total. The van der Waals surface area contributed by atoms with Gasteiger partial charge in [-0.1, -0.05) is 6.07 Å². The van der Waals surface area contributed by atoms with Crippen molar-refractivity contribution >= 4 is 5.78 Å². The molecule has 3 heterocycles. The highest BCUT2D eigenvalue weighted by Gasteiger charge is 2.51. The first-order valence-electron chi connectivity index (χ1n) is 13.5. The molecule has 3 aliphatic heterocycles. The van der Waals surface area contributed by atoms with Gasteiger partial charge in [-0.2, -0.15) is 0 Å². The Kier molecular flexibility index (Phi) is 8.99. The van der Waals surface area contributed by atoms with E-state index in [2.05, 4.69) is 0 Å². The van der Waals surface area contributed by atoms with E-state index >= 15 is 0 Å². The van der Waals surface area contributed by atoms with Crippen molar-refractivity contribution in [1.82, 2.24) is 0 Å². The second kappa shape index (κ2) is 12.4. The van der Waals surface area contributed by atoms with Crippen molar-refractivity contribution < 1.29 is 74.1 Å². The molecular formula is C28H34O15. The molecule has 2 saturated heterocycles. The summed E-state index contributed by atoms with van der Waals surface area (Å²) >= 11 is 0. The normalized spacial score (nSPS) is 36.0. The number of ketones is 1. The Morgan fingerprint density at radius 1 is 0.884 bits per heavy atom. The van der Waals surface area contributed by atoms with Crippen LogP contribution in [-0.2, 0) is 14.2 Å². The van der Waals surface area contributed by atoms with Crippen LogP contribution >= 0.6 is 0 Å². The lowest BCUT2D eigenvalue weighted by Crippen LogP contribution is -2.64. The highest BCUT2D eigenvalue weighted by atomic mass is 16.8. The Balaban J connectivity index is 1.42. The van der Waals surface area contributed by atoms with Crippen LogP contribution in [0.15, 0.2) is 30.3 Å². The van der Waals surface area contributed by atoms with E-state index in [0.29, 0.717) is 5.56 Å². The van der Waals surface area contributed by atoms with Crippen molar-refractivity contribution in [3.8, 4) is 28.7 Å².